The van der Waals surface area contributed by atoms with E-state index in [1.54, 1.807) is 11.3 Å². The number of aromatic nitrogens is 1. The van der Waals surface area contributed by atoms with Crippen molar-refractivity contribution < 1.29 is 4.79 Å². The molecule has 0 aliphatic carbocycles. The normalized spacial score (nSPS) is 16.2. The van der Waals surface area contributed by atoms with Crippen LogP contribution < -0.4 is 10.6 Å². The van der Waals surface area contributed by atoms with Crippen molar-refractivity contribution in [1.29, 1.82) is 0 Å². The van der Waals surface area contributed by atoms with Crippen molar-refractivity contribution in [1.82, 2.24) is 15.2 Å². The highest BCUT2D eigenvalue weighted by atomic mass is 35.5. The van der Waals surface area contributed by atoms with Gasteiger partial charge in [0.05, 0.1) is 17.2 Å². The summed E-state index contributed by atoms with van der Waals surface area (Å²) >= 11 is 1.62. The number of halogens is 2. The molecule has 1 unspecified atom stereocenters. The molecule has 1 atom stereocenters. The van der Waals surface area contributed by atoms with Crippen LogP contribution in [0.25, 0.3) is 0 Å². The van der Waals surface area contributed by atoms with Gasteiger partial charge in [0.25, 0.3) is 0 Å². The lowest BCUT2D eigenvalue weighted by Gasteiger charge is -2.16. The van der Waals surface area contributed by atoms with E-state index in [2.05, 4.69) is 39.0 Å². The smallest absolute Gasteiger partial charge is 0.241 e. The molecule has 1 saturated heterocycles. The molecule has 1 amide bonds. The number of anilines is 1. The number of thiazole rings is 1. The van der Waals surface area contributed by atoms with Crippen molar-refractivity contribution in [3.63, 3.8) is 0 Å². The SMILES string of the molecule is CN(Cc1cccc(NC(=O)C2CCCN2)c1)Cc1cscn1.Cl.Cl. The Hall–Kier alpha value is -1.18. The molecule has 1 aliphatic rings. The predicted octanol–water partition coefficient (Wildman–Crippen LogP) is 3.31. The lowest BCUT2D eigenvalue weighted by Crippen LogP contribution is -2.35. The Morgan fingerprint density at radius 3 is 2.92 bits per heavy atom. The molecule has 8 heteroatoms. The van der Waals surface area contributed by atoms with Crippen LogP contribution in [0.1, 0.15) is 24.1 Å². The number of carbonyl (C=O) groups is 1. The van der Waals surface area contributed by atoms with Gasteiger partial charge in [-0.15, -0.1) is 36.2 Å². The zero-order chi connectivity index (χ0) is 16.1. The van der Waals surface area contributed by atoms with E-state index in [1.807, 2.05) is 23.7 Å². The van der Waals surface area contributed by atoms with Crippen LogP contribution in [-0.2, 0) is 17.9 Å². The van der Waals surface area contributed by atoms with Crippen LogP contribution in [0.15, 0.2) is 35.2 Å². The number of nitrogens with one attached hydrogen (secondary N) is 2. The van der Waals surface area contributed by atoms with Gasteiger partial charge in [0, 0.05) is 24.2 Å². The summed E-state index contributed by atoms with van der Waals surface area (Å²) in [5.74, 6) is 0.0653. The molecule has 2 aromatic rings. The number of carbonyl (C=O) groups excluding carboxylic acids is 1. The first kappa shape index (κ1) is 21.9. The van der Waals surface area contributed by atoms with E-state index in [0.717, 1.165) is 43.9 Å². The second-order valence-corrected chi connectivity index (χ2v) is 6.71. The van der Waals surface area contributed by atoms with Crippen molar-refractivity contribution in [2.45, 2.75) is 32.0 Å². The second kappa shape index (κ2) is 10.7. The van der Waals surface area contributed by atoms with Crippen molar-refractivity contribution in [2.75, 3.05) is 18.9 Å². The zero-order valence-electron chi connectivity index (χ0n) is 14.1. The number of rotatable bonds is 6. The first-order valence-corrected chi connectivity index (χ1v) is 8.84. The fourth-order valence-electron chi connectivity index (χ4n) is 2.84. The van der Waals surface area contributed by atoms with Crippen molar-refractivity contribution in [3.8, 4) is 0 Å². The maximum atomic E-state index is 12.2. The van der Waals surface area contributed by atoms with Gasteiger partial charge in [0.2, 0.25) is 5.91 Å². The molecule has 1 aromatic carbocycles. The Morgan fingerprint density at radius 1 is 1.40 bits per heavy atom. The summed E-state index contributed by atoms with van der Waals surface area (Å²) in [6.45, 7) is 2.58. The van der Waals surface area contributed by atoms with Gasteiger partial charge in [-0.1, -0.05) is 12.1 Å². The second-order valence-electron chi connectivity index (χ2n) is 5.99. The molecule has 2 heterocycles. The van der Waals surface area contributed by atoms with Gasteiger partial charge < -0.3 is 10.6 Å². The number of benzene rings is 1. The standard InChI is InChI=1S/C17H22N4OS.2ClH/c1-21(10-15-11-23-12-19-15)9-13-4-2-5-14(8-13)20-17(22)16-6-3-7-18-16;;/h2,4-5,8,11-12,16,18H,3,6-7,9-10H2,1H3,(H,20,22);2*1H. The Balaban J connectivity index is 0.00000156. The minimum Gasteiger partial charge on any atom is -0.325 e. The average Bonchev–Trinajstić information content (AvgIpc) is 3.20. The van der Waals surface area contributed by atoms with E-state index in [1.165, 1.54) is 5.56 Å². The van der Waals surface area contributed by atoms with E-state index >= 15 is 0 Å². The Kier molecular flexibility index (Phi) is 9.38. The molecular formula is C17H24Cl2N4OS. The fourth-order valence-corrected chi connectivity index (χ4v) is 3.39. The van der Waals surface area contributed by atoms with Gasteiger partial charge in [0.15, 0.2) is 0 Å². The van der Waals surface area contributed by atoms with Gasteiger partial charge in [0.1, 0.15) is 0 Å². The van der Waals surface area contributed by atoms with Crippen LogP contribution in [0.4, 0.5) is 5.69 Å². The van der Waals surface area contributed by atoms with Crippen LogP contribution in [0, 0.1) is 0 Å². The third-order valence-electron chi connectivity index (χ3n) is 3.94. The van der Waals surface area contributed by atoms with E-state index in [4.69, 9.17) is 0 Å². The van der Waals surface area contributed by atoms with Gasteiger partial charge >= 0.3 is 0 Å². The molecule has 25 heavy (non-hydrogen) atoms. The monoisotopic (exact) mass is 402 g/mol. The Bertz CT molecular complexity index is 648. The van der Waals surface area contributed by atoms with Crippen molar-refractivity contribution >= 4 is 47.7 Å². The van der Waals surface area contributed by atoms with Gasteiger partial charge in [-0.2, -0.15) is 0 Å². The number of amides is 1. The molecular weight excluding hydrogens is 379 g/mol. The summed E-state index contributed by atoms with van der Waals surface area (Å²) in [6, 6.07) is 8.01. The van der Waals surface area contributed by atoms with Gasteiger partial charge in [-0.05, 0) is 44.1 Å². The summed E-state index contributed by atoms with van der Waals surface area (Å²) < 4.78 is 0. The maximum Gasteiger partial charge on any atom is 0.241 e. The predicted molar refractivity (Wildman–Crippen MR) is 108 cm³/mol. The minimum absolute atomic E-state index is 0. The quantitative estimate of drug-likeness (QED) is 0.777. The highest BCUT2D eigenvalue weighted by Gasteiger charge is 2.21. The highest BCUT2D eigenvalue weighted by molar-refractivity contribution is 7.07. The molecule has 0 radical (unpaired) electrons. The fraction of sp³-hybridized carbons (Fsp3) is 0.412. The number of hydrogen-bond donors (Lipinski definition) is 2. The molecule has 3 rings (SSSR count). The van der Waals surface area contributed by atoms with Crippen LogP contribution in [0.5, 0.6) is 0 Å². The lowest BCUT2D eigenvalue weighted by molar-refractivity contribution is -0.117. The van der Waals surface area contributed by atoms with Gasteiger partial charge in [-0.3, -0.25) is 9.69 Å². The summed E-state index contributed by atoms with van der Waals surface area (Å²) in [6.07, 6.45) is 1.99. The van der Waals surface area contributed by atoms with Crippen LogP contribution >= 0.6 is 36.2 Å². The van der Waals surface area contributed by atoms with Crippen molar-refractivity contribution in [3.05, 3.63) is 46.4 Å². The number of nitrogens with zero attached hydrogens (tertiary/aromatic N) is 2. The van der Waals surface area contributed by atoms with E-state index in [9.17, 15) is 4.79 Å². The minimum atomic E-state index is -0.0500. The Morgan fingerprint density at radius 2 is 2.24 bits per heavy atom. The van der Waals surface area contributed by atoms with E-state index in [-0.39, 0.29) is 36.8 Å². The zero-order valence-corrected chi connectivity index (χ0v) is 16.6. The largest absolute Gasteiger partial charge is 0.325 e. The highest BCUT2D eigenvalue weighted by Crippen LogP contribution is 2.15. The molecule has 1 fully saturated rings. The summed E-state index contributed by atoms with van der Waals surface area (Å²) in [7, 11) is 2.08. The summed E-state index contributed by atoms with van der Waals surface area (Å²) in [5, 5.41) is 8.31. The average molecular weight is 403 g/mol. The molecule has 2 N–H and O–H groups in total. The molecule has 0 spiro atoms. The first-order valence-electron chi connectivity index (χ1n) is 7.89. The summed E-state index contributed by atoms with van der Waals surface area (Å²) in [5.41, 5.74) is 4.99. The molecule has 1 aromatic heterocycles. The van der Waals surface area contributed by atoms with Crippen LogP contribution in [0.3, 0.4) is 0 Å². The van der Waals surface area contributed by atoms with Crippen LogP contribution in [-0.4, -0.2) is 35.4 Å². The first-order chi connectivity index (χ1) is 11.2. The lowest BCUT2D eigenvalue weighted by atomic mass is 10.1. The molecule has 0 saturated carbocycles. The van der Waals surface area contributed by atoms with E-state index in [0.29, 0.717) is 0 Å². The topological polar surface area (TPSA) is 57.3 Å². The maximum absolute atomic E-state index is 12.2. The van der Waals surface area contributed by atoms with Crippen molar-refractivity contribution in [2.24, 2.45) is 0 Å². The third-order valence-corrected chi connectivity index (χ3v) is 4.57. The van der Waals surface area contributed by atoms with E-state index < -0.39 is 0 Å². The third kappa shape index (κ3) is 6.56. The number of hydrogen-bond acceptors (Lipinski definition) is 5. The Labute approximate surface area is 165 Å². The molecule has 1 aliphatic heterocycles. The molecule has 5 nitrogen and oxygen atoms in total. The molecule has 0 bridgehead atoms. The summed E-state index contributed by atoms with van der Waals surface area (Å²) in [4.78, 5) is 18.7. The van der Waals surface area contributed by atoms with Crippen LogP contribution in [0.2, 0.25) is 0 Å². The molecule has 138 valence electrons. The van der Waals surface area contributed by atoms with Gasteiger partial charge in [-0.25, -0.2) is 4.98 Å².